The van der Waals surface area contributed by atoms with Crippen molar-refractivity contribution in [3.05, 3.63) is 71.8 Å². The molecule has 0 atom stereocenters. The number of hydrogen-bond donors (Lipinski definition) is 0. The summed E-state index contributed by atoms with van der Waals surface area (Å²) in [5, 5.41) is 0.804. The smallest absolute Gasteiger partial charge is 0.328 e. The topological polar surface area (TPSA) is 66.9 Å². The third-order valence-corrected chi connectivity index (χ3v) is 5.65. The number of methoxy groups -OCH3 is 1. The molecule has 0 saturated carbocycles. The molecule has 0 bridgehead atoms. The number of unbranched alkanes of at least 4 members (excludes halogenated alkanes) is 1. The van der Waals surface area contributed by atoms with Crippen molar-refractivity contribution in [1.29, 1.82) is 0 Å². The van der Waals surface area contributed by atoms with Crippen LogP contribution in [0.4, 0.5) is 4.79 Å². The Bertz CT molecular complexity index is 833. The molecule has 2 aromatic carbocycles. The summed E-state index contributed by atoms with van der Waals surface area (Å²) in [7, 11) is 1.24. The molecular weight excluding hydrogens is 436 g/mol. The first-order valence-electron chi connectivity index (χ1n) is 9.44. The quantitative estimate of drug-likeness (QED) is 0.262. The second-order valence-electron chi connectivity index (χ2n) is 6.74. The molecule has 1 heterocycles. The number of nitrogens with zero attached hydrogens (tertiary/aromatic N) is 2. The Morgan fingerprint density at radius 3 is 2.00 bits per heavy atom. The molecule has 1 fully saturated rings. The van der Waals surface area contributed by atoms with Gasteiger partial charge >= 0.3 is 12.0 Å². The normalized spacial score (nSPS) is 15.7. The zero-order chi connectivity index (χ0) is 20.9. The monoisotopic (exact) mass is 458 g/mol. The fourth-order valence-corrected chi connectivity index (χ4v) is 4.13. The number of amides is 3. The van der Waals surface area contributed by atoms with E-state index in [1.807, 2.05) is 60.7 Å². The van der Waals surface area contributed by atoms with Crippen LogP contribution in [0.25, 0.3) is 0 Å². The third kappa shape index (κ3) is 3.79. The number of carbonyl (C=O) groups excluding carboxylic acids is 3. The summed E-state index contributed by atoms with van der Waals surface area (Å²) in [6, 6.07) is 18.0. The fourth-order valence-electron chi connectivity index (χ4n) is 3.73. The van der Waals surface area contributed by atoms with Gasteiger partial charge in [-0.25, -0.2) is 4.79 Å². The van der Waals surface area contributed by atoms with E-state index in [-0.39, 0.29) is 0 Å². The van der Waals surface area contributed by atoms with E-state index in [1.165, 1.54) is 7.11 Å². The number of alkyl halides is 1. The molecular formula is C22H23BrN2O4. The third-order valence-electron chi connectivity index (χ3n) is 5.08. The minimum Gasteiger partial charge on any atom is -0.468 e. The Labute approximate surface area is 178 Å². The molecule has 0 aliphatic carbocycles. The highest BCUT2D eigenvalue weighted by molar-refractivity contribution is 9.09. The maximum absolute atomic E-state index is 13.8. The van der Waals surface area contributed by atoms with E-state index in [4.69, 9.17) is 4.74 Å². The zero-order valence-electron chi connectivity index (χ0n) is 16.2. The highest BCUT2D eigenvalue weighted by Crippen LogP contribution is 2.43. The van der Waals surface area contributed by atoms with Crippen molar-refractivity contribution in [2.45, 2.75) is 18.4 Å². The van der Waals surface area contributed by atoms with Gasteiger partial charge in [0.2, 0.25) is 0 Å². The Kier molecular flexibility index (Phi) is 6.69. The molecule has 2 aromatic rings. The van der Waals surface area contributed by atoms with Gasteiger partial charge in [-0.1, -0.05) is 76.6 Å². The average molecular weight is 459 g/mol. The van der Waals surface area contributed by atoms with Crippen molar-refractivity contribution in [3.8, 4) is 0 Å². The second kappa shape index (κ2) is 9.22. The van der Waals surface area contributed by atoms with Gasteiger partial charge < -0.3 is 9.64 Å². The summed E-state index contributed by atoms with van der Waals surface area (Å²) in [5.41, 5.74) is 0.0615. The SMILES string of the molecule is COC(=O)CN1C(=O)N(CCCCBr)C(c2ccccc2)(c2ccccc2)C1=O. The van der Waals surface area contributed by atoms with E-state index in [2.05, 4.69) is 15.9 Å². The minimum atomic E-state index is -1.32. The molecule has 152 valence electrons. The molecule has 1 saturated heterocycles. The number of ether oxygens (including phenoxy) is 1. The van der Waals surface area contributed by atoms with Crippen LogP contribution in [0, 0.1) is 0 Å². The number of esters is 1. The summed E-state index contributed by atoms with van der Waals surface area (Å²) in [6.45, 7) is -0.0256. The van der Waals surface area contributed by atoms with Crippen LogP contribution in [0.2, 0.25) is 0 Å². The lowest BCUT2D eigenvalue weighted by Gasteiger charge is -2.36. The van der Waals surface area contributed by atoms with E-state index >= 15 is 0 Å². The largest absolute Gasteiger partial charge is 0.468 e. The van der Waals surface area contributed by atoms with E-state index in [0.717, 1.165) is 23.1 Å². The Hall–Kier alpha value is -2.67. The standard InChI is InChI=1S/C22H23BrN2O4/c1-29-19(26)16-24-20(27)22(17-10-4-2-5-11-17,18-12-6-3-7-13-18)25(21(24)28)15-9-8-14-23/h2-7,10-13H,8-9,14-16H2,1H3. The molecule has 1 aliphatic heterocycles. The summed E-state index contributed by atoms with van der Waals surface area (Å²) < 4.78 is 4.71. The van der Waals surface area contributed by atoms with E-state index in [0.29, 0.717) is 17.7 Å². The average Bonchev–Trinajstić information content (AvgIpc) is 2.97. The lowest BCUT2D eigenvalue weighted by atomic mass is 9.81. The van der Waals surface area contributed by atoms with Crippen molar-refractivity contribution in [2.24, 2.45) is 0 Å². The lowest BCUT2D eigenvalue weighted by molar-refractivity contribution is -0.145. The van der Waals surface area contributed by atoms with Gasteiger partial charge in [-0.3, -0.25) is 14.5 Å². The number of benzene rings is 2. The van der Waals surface area contributed by atoms with Crippen LogP contribution in [-0.4, -0.2) is 53.2 Å². The van der Waals surface area contributed by atoms with Crippen molar-refractivity contribution >= 4 is 33.8 Å². The summed E-state index contributed by atoms with van der Waals surface area (Å²) in [6.07, 6.45) is 1.58. The number of hydrogen-bond acceptors (Lipinski definition) is 4. The molecule has 3 amide bonds. The van der Waals surface area contributed by atoms with Crippen molar-refractivity contribution < 1.29 is 19.1 Å². The molecule has 1 aliphatic rings. The van der Waals surface area contributed by atoms with Crippen LogP contribution in [0.1, 0.15) is 24.0 Å². The van der Waals surface area contributed by atoms with Gasteiger partial charge in [-0.2, -0.15) is 0 Å². The highest BCUT2D eigenvalue weighted by atomic mass is 79.9. The second-order valence-corrected chi connectivity index (χ2v) is 7.53. The van der Waals surface area contributed by atoms with Crippen LogP contribution in [0.3, 0.4) is 0 Å². The van der Waals surface area contributed by atoms with Gasteiger partial charge in [0, 0.05) is 11.9 Å². The van der Waals surface area contributed by atoms with Crippen LogP contribution < -0.4 is 0 Å². The summed E-state index contributed by atoms with van der Waals surface area (Å²) in [5.74, 6) is -1.08. The first-order valence-corrected chi connectivity index (χ1v) is 10.6. The van der Waals surface area contributed by atoms with E-state index in [1.54, 1.807) is 4.90 Å². The predicted octanol–water partition coefficient (Wildman–Crippen LogP) is 3.54. The van der Waals surface area contributed by atoms with Crippen molar-refractivity contribution in [1.82, 2.24) is 9.80 Å². The Balaban J connectivity index is 2.19. The van der Waals surface area contributed by atoms with Crippen molar-refractivity contribution in [2.75, 3.05) is 25.5 Å². The van der Waals surface area contributed by atoms with Gasteiger partial charge in [0.25, 0.3) is 5.91 Å². The van der Waals surface area contributed by atoms with Gasteiger partial charge in [0.05, 0.1) is 7.11 Å². The van der Waals surface area contributed by atoms with Crippen molar-refractivity contribution in [3.63, 3.8) is 0 Å². The molecule has 0 radical (unpaired) electrons. The van der Waals surface area contributed by atoms with E-state index in [9.17, 15) is 14.4 Å². The molecule has 0 spiro atoms. The van der Waals surface area contributed by atoms with Gasteiger partial charge in [0.15, 0.2) is 5.54 Å². The molecule has 0 unspecified atom stereocenters. The zero-order valence-corrected chi connectivity index (χ0v) is 17.8. The Morgan fingerprint density at radius 2 is 1.52 bits per heavy atom. The number of imide groups is 1. The van der Waals surface area contributed by atoms with Crippen LogP contribution in [-0.2, 0) is 19.9 Å². The predicted molar refractivity (Wildman–Crippen MR) is 113 cm³/mol. The fraction of sp³-hybridized carbons (Fsp3) is 0.318. The Morgan fingerprint density at radius 1 is 0.966 bits per heavy atom. The van der Waals surface area contributed by atoms with Crippen LogP contribution >= 0.6 is 15.9 Å². The van der Waals surface area contributed by atoms with Gasteiger partial charge in [-0.05, 0) is 24.0 Å². The number of halogens is 1. The maximum atomic E-state index is 13.8. The van der Waals surface area contributed by atoms with Crippen LogP contribution in [0.5, 0.6) is 0 Å². The first kappa shape index (κ1) is 21.0. The minimum absolute atomic E-state index is 0.387. The summed E-state index contributed by atoms with van der Waals surface area (Å²) >= 11 is 3.42. The molecule has 0 aromatic heterocycles. The number of urea groups is 1. The number of carbonyl (C=O) groups is 3. The first-order chi connectivity index (χ1) is 14.1. The molecule has 3 rings (SSSR count). The van der Waals surface area contributed by atoms with Crippen LogP contribution in [0.15, 0.2) is 60.7 Å². The molecule has 0 N–H and O–H groups in total. The highest BCUT2D eigenvalue weighted by Gasteiger charge is 2.59. The number of rotatable bonds is 8. The lowest BCUT2D eigenvalue weighted by Crippen LogP contribution is -2.48. The van der Waals surface area contributed by atoms with Gasteiger partial charge in [-0.15, -0.1) is 0 Å². The molecule has 7 heteroatoms. The molecule has 29 heavy (non-hydrogen) atoms. The molecule has 6 nitrogen and oxygen atoms in total. The maximum Gasteiger partial charge on any atom is 0.328 e. The summed E-state index contributed by atoms with van der Waals surface area (Å²) in [4.78, 5) is 41.6. The van der Waals surface area contributed by atoms with E-state index < -0.39 is 30.0 Å². The van der Waals surface area contributed by atoms with Gasteiger partial charge in [0.1, 0.15) is 6.54 Å².